The van der Waals surface area contributed by atoms with Crippen molar-refractivity contribution in [1.29, 1.82) is 0 Å². The van der Waals surface area contributed by atoms with E-state index < -0.39 is 0 Å². The smallest absolute Gasteiger partial charge is 0.241 e. The van der Waals surface area contributed by atoms with Crippen LogP contribution < -0.4 is 10.2 Å². The van der Waals surface area contributed by atoms with Crippen molar-refractivity contribution >= 4 is 42.1 Å². The number of amides is 1. The Morgan fingerprint density at radius 2 is 1.64 bits per heavy atom. The first-order valence-corrected chi connectivity index (χ1v) is 8.11. The van der Waals surface area contributed by atoms with Gasteiger partial charge in [0.25, 0.3) is 0 Å². The lowest BCUT2D eigenvalue weighted by molar-refractivity contribution is -0.129. The second-order valence-electron chi connectivity index (χ2n) is 5.93. The third-order valence-electron chi connectivity index (χ3n) is 4.22. The van der Waals surface area contributed by atoms with Crippen molar-refractivity contribution < 1.29 is 4.79 Å². The molecule has 1 aliphatic heterocycles. The zero-order valence-electron chi connectivity index (χ0n) is 14.4. The van der Waals surface area contributed by atoms with Gasteiger partial charge >= 0.3 is 0 Å². The molecular weight excluding hydrogens is 357 g/mol. The molecule has 0 unspecified atom stereocenters. The van der Waals surface area contributed by atoms with Gasteiger partial charge in [-0.15, -0.1) is 24.8 Å². The molecule has 0 spiro atoms. The highest BCUT2D eigenvalue weighted by Crippen LogP contribution is 2.17. The number of piperazine rings is 1. The summed E-state index contributed by atoms with van der Waals surface area (Å²) in [6, 6.07) is 18.4. The maximum absolute atomic E-state index is 12.3. The summed E-state index contributed by atoms with van der Waals surface area (Å²) in [7, 11) is 0. The molecule has 0 atom stereocenters. The summed E-state index contributed by atoms with van der Waals surface area (Å²) in [5, 5.41) is 3.19. The van der Waals surface area contributed by atoms with E-state index in [1.165, 1.54) is 11.3 Å². The van der Waals surface area contributed by atoms with E-state index in [1.54, 1.807) is 0 Å². The van der Waals surface area contributed by atoms with Crippen LogP contribution in [0.5, 0.6) is 0 Å². The lowest BCUT2D eigenvalue weighted by Gasteiger charge is -2.36. The van der Waals surface area contributed by atoms with Crippen molar-refractivity contribution in [2.24, 2.45) is 0 Å². The highest BCUT2D eigenvalue weighted by molar-refractivity contribution is 5.85. The summed E-state index contributed by atoms with van der Waals surface area (Å²) in [6.07, 6.45) is 0. The molecule has 0 radical (unpaired) electrons. The van der Waals surface area contributed by atoms with Gasteiger partial charge in [0.2, 0.25) is 5.91 Å². The monoisotopic (exact) mass is 381 g/mol. The predicted molar refractivity (Wildman–Crippen MR) is 109 cm³/mol. The highest BCUT2D eigenvalue weighted by Gasteiger charge is 2.20. The zero-order valence-corrected chi connectivity index (χ0v) is 16.0. The fraction of sp³-hybridized carbons (Fsp3) is 0.316. The first-order chi connectivity index (χ1) is 11.2. The minimum absolute atomic E-state index is 0. The van der Waals surface area contributed by atoms with Crippen LogP contribution in [0.4, 0.5) is 11.4 Å². The summed E-state index contributed by atoms with van der Waals surface area (Å²) in [6.45, 7) is 5.81. The molecule has 1 saturated heterocycles. The summed E-state index contributed by atoms with van der Waals surface area (Å²) in [4.78, 5) is 16.6. The number of para-hydroxylation sites is 1. The van der Waals surface area contributed by atoms with E-state index >= 15 is 0 Å². The Kier molecular flexibility index (Phi) is 8.59. The third-order valence-corrected chi connectivity index (χ3v) is 4.22. The molecule has 25 heavy (non-hydrogen) atoms. The van der Waals surface area contributed by atoms with Crippen LogP contribution in [-0.4, -0.2) is 43.5 Å². The standard InChI is InChI=1S/C19H23N3O.2ClH/c1-16-6-5-9-18(14-16)21-10-12-22(13-11-21)19(23)15-20-17-7-3-2-4-8-17;;/h2-9,14,20H,10-13,15H2,1H3;2*1H. The molecule has 3 rings (SSSR count). The Balaban J connectivity index is 0.00000156. The number of halogens is 2. The van der Waals surface area contributed by atoms with Crippen molar-refractivity contribution in [3.8, 4) is 0 Å². The molecule has 2 aromatic carbocycles. The minimum Gasteiger partial charge on any atom is -0.376 e. The van der Waals surface area contributed by atoms with Crippen molar-refractivity contribution in [2.45, 2.75) is 6.92 Å². The molecule has 1 N–H and O–H groups in total. The van der Waals surface area contributed by atoms with Gasteiger partial charge < -0.3 is 15.1 Å². The molecule has 0 bridgehead atoms. The van der Waals surface area contributed by atoms with Crippen LogP contribution in [-0.2, 0) is 4.79 Å². The Hall–Kier alpha value is -1.91. The van der Waals surface area contributed by atoms with Crippen molar-refractivity contribution in [3.63, 3.8) is 0 Å². The van der Waals surface area contributed by atoms with E-state index in [2.05, 4.69) is 41.4 Å². The first-order valence-electron chi connectivity index (χ1n) is 8.11. The molecule has 1 heterocycles. The van der Waals surface area contributed by atoms with Gasteiger partial charge in [-0.25, -0.2) is 0 Å². The number of aryl methyl sites for hydroxylation is 1. The number of rotatable bonds is 4. The number of benzene rings is 2. The molecule has 1 aliphatic rings. The fourth-order valence-electron chi connectivity index (χ4n) is 2.88. The number of anilines is 2. The molecule has 1 amide bonds. The topological polar surface area (TPSA) is 35.6 Å². The van der Waals surface area contributed by atoms with Crippen molar-refractivity contribution in [1.82, 2.24) is 4.90 Å². The number of nitrogens with zero attached hydrogens (tertiary/aromatic N) is 2. The van der Waals surface area contributed by atoms with Crippen LogP contribution in [0, 0.1) is 6.92 Å². The van der Waals surface area contributed by atoms with E-state index in [4.69, 9.17) is 0 Å². The molecule has 2 aromatic rings. The van der Waals surface area contributed by atoms with E-state index in [9.17, 15) is 4.79 Å². The number of carbonyl (C=O) groups is 1. The van der Waals surface area contributed by atoms with Crippen LogP contribution in [0.25, 0.3) is 0 Å². The Labute approximate surface area is 162 Å². The minimum atomic E-state index is 0. The average Bonchev–Trinajstić information content (AvgIpc) is 2.61. The Morgan fingerprint density at radius 3 is 2.28 bits per heavy atom. The third kappa shape index (κ3) is 5.83. The predicted octanol–water partition coefficient (Wildman–Crippen LogP) is 3.60. The van der Waals surface area contributed by atoms with Gasteiger partial charge in [-0.1, -0.05) is 30.3 Å². The highest BCUT2D eigenvalue weighted by atomic mass is 35.5. The summed E-state index contributed by atoms with van der Waals surface area (Å²) >= 11 is 0. The molecule has 136 valence electrons. The van der Waals surface area contributed by atoms with Crippen LogP contribution in [0.1, 0.15) is 5.56 Å². The zero-order chi connectivity index (χ0) is 16.1. The summed E-state index contributed by atoms with van der Waals surface area (Å²) in [5.74, 6) is 0.165. The molecule has 0 aromatic heterocycles. The number of hydrogen-bond donors (Lipinski definition) is 1. The van der Waals surface area contributed by atoms with Gasteiger partial charge in [-0.3, -0.25) is 4.79 Å². The van der Waals surface area contributed by atoms with Gasteiger partial charge in [0.1, 0.15) is 0 Å². The van der Waals surface area contributed by atoms with E-state index in [1.807, 2.05) is 35.2 Å². The van der Waals surface area contributed by atoms with E-state index in [0.29, 0.717) is 6.54 Å². The fourth-order valence-corrected chi connectivity index (χ4v) is 2.88. The largest absolute Gasteiger partial charge is 0.376 e. The Bertz CT molecular complexity index is 659. The van der Waals surface area contributed by atoms with Gasteiger partial charge in [0.15, 0.2) is 0 Å². The van der Waals surface area contributed by atoms with Crippen LogP contribution in [0.3, 0.4) is 0 Å². The SMILES string of the molecule is Cc1cccc(N2CCN(C(=O)CNc3ccccc3)CC2)c1.Cl.Cl. The van der Waals surface area contributed by atoms with Gasteiger partial charge in [0.05, 0.1) is 6.54 Å². The van der Waals surface area contributed by atoms with Gasteiger partial charge in [0, 0.05) is 37.6 Å². The molecule has 0 saturated carbocycles. The molecule has 4 nitrogen and oxygen atoms in total. The number of carbonyl (C=O) groups excluding carboxylic acids is 1. The van der Waals surface area contributed by atoms with Crippen molar-refractivity contribution in [2.75, 3.05) is 42.9 Å². The van der Waals surface area contributed by atoms with Gasteiger partial charge in [-0.05, 0) is 36.8 Å². The number of hydrogen-bond acceptors (Lipinski definition) is 3. The molecule has 0 aliphatic carbocycles. The van der Waals surface area contributed by atoms with Crippen LogP contribution >= 0.6 is 24.8 Å². The average molecular weight is 382 g/mol. The first kappa shape index (κ1) is 21.1. The van der Waals surface area contributed by atoms with Crippen molar-refractivity contribution in [3.05, 3.63) is 60.2 Å². The molecule has 6 heteroatoms. The summed E-state index contributed by atoms with van der Waals surface area (Å²) in [5.41, 5.74) is 3.51. The second kappa shape index (κ2) is 10.2. The second-order valence-corrected chi connectivity index (χ2v) is 5.93. The van der Waals surface area contributed by atoms with Crippen LogP contribution in [0.2, 0.25) is 0 Å². The quantitative estimate of drug-likeness (QED) is 0.878. The molecule has 1 fully saturated rings. The summed E-state index contributed by atoms with van der Waals surface area (Å²) < 4.78 is 0. The lowest BCUT2D eigenvalue weighted by Crippen LogP contribution is -2.50. The maximum Gasteiger partial charge on any atom is 0.241 e. The Morgan fingerprint density at radius 1 is 0.960 bits per heavy atom. The van der Waals surface area contributed by atoms with E-state index in [-0.39, 0.29) is 30.7 Å². The normalized spacial score (nSPS) is 13.5. The molecular formula is C19H25Cl2N3O. The van der Waals surface area contributed by atoms with Gasteiger partial charge in [-0.2, -0.15) is 0 Å². The lowest BCUT2D eigenvalue weighted by atomic mass is 10.2. The number of nitrogens with one attached hydrogen (secondary N) is 1. The van der Waals surface area contributed by atoms with Crippen LogP contribution in [0.15, 0.2) is 54.6 Å². The van der Waals surface area contributed by atoms with E-state index in [0.717, 1.165) is 31.9 Å². The maximum atomic E-state index is 12.3.